The molecule has 6 heteroatoms. The molecule has 0 heterocycles. The van der Waals surface area contributed by atoms with E-state index in [2.05, 4.69) is 6.07 Å². The van der Waals surface area contributed by atoms with Crippen molar-refractivity contribution in [1.29, 1.82) is 5.26 Å². The number of nitrogens with zero attached hydrogens (tertiary/aromatic N) is 2. The molecule has 2 rings (SSSR count). The van der Waals surface area contributed by atoms with Gasteiger partial charge in [0, 0.05) is 12.1 Å². The van der Waals surface area contributed by atoms with Crippen molar-refractivity contribution in [2.45, 2.75) is 25.3 Å². The lowest BCUT2D eigenvalue weighted by molar-refractivity contribution is -0.384. The van der Waals surface area contributed by atoms with Crippen molar-refractivity contribution in [1.82, 2.24) is 0 Å². The standard InChI is InChI=1S/C13H15N3O3/c1-9-6-11(16(17)18)4-5-12(9)19-8-13(15,7-14)10-2-3-10/h4-6,10H,2-3,8,15H2,1H3. The number of aryl methyl sites for hydroxylation is 1. The number of nitrogens with two attached hydrogens (primary N) is 1. The summed E-state index contributed by atoms with van der Waals surface area (Å²) in [5.41, 5.74) is 5.70. The molecule has 19 heavy (non-hydrogen) atoms. The molecule has 1 atom stereocenters. The second-order valence-corrected chi connectivity index (χ2v) is 4.92. The van der Waals surface area contributed by atoms with Gasteiger partial charge in [0.2, 0.25) is 0 Å². The molecule has 1 aromatic carbocycles. The Morgan fingerprint density at radius 3 is 2.79 bits per heavy atom. The second kappa shape index (κ2) is 4.86. The summed E-state index contributed by atoms with van der Waals surface area (Å²) in [4.78, 5) is 10.2. The van der Waals surface area contributed by atoms with Gasteiger partial charge in [0.05, 0.1) is 11.0 Å². The third kappa shape index (κ3) is 2.83. The van der Waals surface area contributed by atoms with Crippen LogP contribution in [0.3, 0.4) is 0 Å². The molecule has 0 saturated heterocycles. The molecule has 100 valence electrons. The molecule has 1 fully saturated rings. The first-order chi connectivity index (χ1) is 8.96. The summed E-state index contributed by atoms with van der Waals surface area (Å²) >= 11 is 0. The fourth-order valence-electron chi connectivity index (χ4n) is 1.95. The third-order valence-electron chi connectivity index (χ3n) is 3.35. The molecule has 2 N–H and O–H groups in total. The maximum Gasteiger partial charge on any atom is 0.269 e. The highest BCUT2D eigenvalue weighted by Crippen LogP contribution is 2.38. The van der Waals surface area contributed by atoms with Crippen LogP contribution in [0.4, 0.5) is 5.69 Å². The lowest BCUT2D eigenvalue weighted by atomic mass is 9.98. The van der Waals surface area contributed by atoms with Crippen molar-refractivity contribution in [2.24, 2.45) is 11.7 Å². The fraction of sp³-hybridized carbons (Fsp3) is 0.462. The van der Waals surface area contributed by atoms with Crippen LogP contribution in [0, 0.1) is 34.3 Å². The number of ether oxygens (including phenoxy) is 1. The first kappa shape index (κ1) is 13.3. The Bertz CT molecular complexity index is 549. The van der Waals surface area contributed by atoms with E-state index in [1.54, 1.807) is 6.92 Å². The fourth-order valence-corrected chi connectivity index (χ4v) is 1.95. The van der Waals surface area contributed by atoms with Gasteiger partial charge in [-0.15, -0.1) is 0 Å². The number of rotatable bonds is 5. The molecule has 1 unspecified atom stereocenters. The van der Waals surface area contributed by atoms with Crippen molar-refractivity contribution >= 4 is 5.69 Å². The minimum absolute atomic E-state index is 0.0198. The molecular weight excluding hydrogens is 246 g/mol. The largest absolute Gasteiger partial charge is 0.490 e. The van der Waals surface area contributed by atoms with E-state index in [9.17, 15) is 10.1 Å². The Morgan fingerprint density at radius 1 is 1.63 bits per heavy atom. The summed E-state index contributed by atoms with van der Waals surface area (Å²) in [5, 5.41) is 19.7. The number of hydrogen-bond acceptors (Lipinski definition) is 5. The monoisotopic (exact) mass is 261 g/mol. The molecule has 1 saturated carbocycles. The Hall–Kier alpha value is -2.13. The maximum absolute atomic E-state index is 10.6. The zero-order valence-electron chi connectivity index (χ0n) is 10.6. The van der Waals surface area contributed by atoms with Crippen LogP contribution in [-0.4, -0.2) is 17.1 Å². The first-order valence-corrected chi connectivity index (χ1v) is 6.04. The van der Waals surface area contributed by atoms with E-state index < -0.39 is 10.5 Å². The van der Waals surface area contributed by atoms with Crippen molar-refractivity contribution in [2.75, 3.05) is 6.61 Å². The molecule has 1 aliphatic carbocycles. The first-order valence-electron chi connectivity index (χ1n) is 6.04. The van der Waals surface area contributed by atoms with Crippen LogP contribution in [0.5, 0.6) is 5.75 Å². The second-order valence-electron chi connectivity index (χ2n) is 4.92. The van der Waals surface area contributed by atoms with Gasteiger partial charge in [0.15, 0.2) is 0 Å². The van der Waals surface area contributed by atoms with Gasteiger partial charge in [-0.3, -0.25) is 10.1 Å². The van der Waals surface area contributed by atoms with Crippen LogP contribution < -0.4 is 10.5 Å². The highest BCUT2D eigenvalue weighted by Gasteiger charge is 2.43. The molecule has 0 aliphatic heterocycles. The summed E-state index contributed by atoms with van der Waals surface area (Å²) in [5.74, 6) is 0.715. The molecule has 0 radical (unpaired) electrons. The average Bonchev–Trinajstić information content (AvgIpc) is 3.21. The minimum atomic E-state index is -0.964. The smallest absolute Gasteiger partial charge is 0.269 e. The van der Waals surface area contributed by atoms with Crippen molar-refractivity contribution in [3.63, 3.8) is 0 Å². The van der Waals surface area contributed by atoms with Crippen LogP contribution in [0.2, 0.25) is 0 Å². The van der Waals surface area contributed by atoms with Gasteiger partial charge in [-0.05, 0) is 37.3 Å². The third-order valence-corrected chi connectivity index (χ3v) is 3.35. The van der Waals surface area contributed by atoms with E-state index >= 15 is 0 Å². The molecule has 0 spiro atoms. The summed E-state index contributed by atoms with van der Waals surface area (Å²) in [6, 6.07) is 6.46. The lowest BCUT2D eigenvalue weighted by Crippen LogP contribution is -2.46. The van der Waals surface area contributed by atoms with E-state index in [1.807, 2.05) is 0 Å². The van der Waals surface area contributed by atoms with Crippen LogP contribution in [0.15, 0.2) is 18.2 Å². The predicted molar refractivity (Wildman–Crippen MR) is 68.6 cm³/mol. The zero-order chi connectivity index (χ0) is 14.0. The molecule has 0 bridgehead atoms. The van der Waals surface area contributed by atoms with Crippen LogP contribution in [0.1, 0.15) is 18.4 Å². The molecule has 1 aliphatic rings. The summed E-state index contributed by atoms with van der Waals surface area (Å²) in [7, 11) is 0. The number of nitro benzene ring substituents is 1. The quantitative estimate of drug-likeness (QED) is 0.644. The summed E-state index contributed by atoms with van der Waals surface area (Å²) < 4.78 is 5.56. The number of hydrogen-bond donors (Lipinski definition) is 1. The zero-order valence-corrected chi connectivity index (χ0v) is 10.6. The maximum atomic E-state index is 10.6. The molecule has 0 amide bonds. The number of benzene rings is 1. The normalized spacial score (nSPS) is 17.3. The van der Waals surface area contributed by atoms with Gasteiger partial charge in [0.1, 0.15) is 17.9 Å². The molecule has 0 aromatic heterocycles. The van der Waals surface area contributed by atoms with Crippen molar-refractivity contribution < 1.29 is 9.66 Å². The number of nitriles is 1. The number of nitro groups is 1. The Balaban J connectivity index is 2.08. The SMILES string of the molecule is Cc1cc([N+](=O)[O-])ccc1OCC(N)(C#N)C1CC1. The van der Waals surface area contributed by atoms with Gasteiger partial charge >= 0.3 is 0 Å². The molecule has 1 aromatic rings. The topological polar surface area (TPSA) is 102 Å². The van der Waals surface area contributed by atoms with Crippen LogP contribution in [-0.2, 0) is 0 Å². The van der Waals surface area contributed by atoms with Gasteiger partial charge in [-0.1, -0.05) is 0 Å². The van der Waals surface area contributed by atoms with Gasteiger partial charge in [-0.25, -0.2) is 0 Å². The van der Waals surface area contributed by atoms with Crippen molar-refractivity contribution in [3.8, 4) is 11.8 Å². The predicted octanol–water partition coefficient (Wildman–Crippen LogP) is 1.91. The molecule has 6 nitrogen and oxygen atoms in total. The number of non-ortho nitro benzene ring substituents is 1. The van der Waals surface area contributed by atoms with Gasteiger partial charge in [-0.2, -0.15) is 5.26 Å². The van der Waals surface area contributed by atoms with Crippen LogP contribution in [0.25, 0.3) is 0 Å². The minimum Gasteiger partial charge on any atom is -0.490 e. The van der Waals surface area contributed by atoms with Crippen LogP contribution >= 0.6 is 0 Å². The highest BCUT2D eigenvalue weighted by atomic mass is 16.6. The van der Waals surface area contributed by atoms with E-state index in [4.69, 9.17) is 15.7 Å². The Kier molecular flexibility index (Phi) is 3.40. The van der Waals surface area contributed by atoms with E-state index in [1.165, 1.54) is 18.2 Å². The van der Waals surface area contributed by atoms with E-state index in [-0.39, 0.29) is 18.2 Å². The lowest BCUT2D eigenvalue weighted by Gasteiger charge is -2.21. The summed E-state index contributed by atoms with van der Waals surface area (Å²) in [6.45, 7) is 1.83. The van der Waals surface area contributed by atoms with E-state index in [0.29, 0.717) is 11.3 Å². The van der Waals surface area contributed by atoms with E-state index in [0.717, 1.165) is 12.8 Å². The molecular formula is C13H15N3O3. The van der Waals surface area contributed by atoms with Crippen molar-refractivity contribution in [3.05, 3.63) is 33.9 Å². The summed E-state index contributed by atoms with van der Waals surface area (Å²) in [6.07, 6.45) is 1.90. The Morgan fingerprint density at radius 2 is 2.32 bits per heavy atom. The van der Waals surface area contributed by atoms with Gasteiger partial charge < -0.3 is 10.5 Å². The average molecular weight is 261 g/mol. The highest BCUT2D eigenvalue weighted by molar-refractivity contribution is 5.43. The Labute approximate surface area is 110 Å². The van der Waals surface area contributed by atoms with Gasteiger partial charge in [0.25, 0.3) is 5.69 Å².